The van der Waals surface area contributed by atoms with Gasteiger partial charge in [0.25, 0.3) is 5.91 Å². The zero-order chi connectivity index (χ0) is 8.97. The number of carbonyl (C=O) groups is 1. The van der Waals surface area contributed by atoms with E-state index < -0.39 is 0 Å². The molecule has 0 unspecified atom stereocenters. The molecular formula is C9H9NO2. The number of nitrogens with one attached hydrogen (secondary N) is 1. The molecule has 0 heterocycles. The molecule has 2 N–H and O–H groups in total. The summed E-state index contributed by atoms with van der Waals surface area (Å²) in [6, 6.07) is 6.32. The van der Waals surface area contributed by atoms with Gasteiger partial charge in [-0.25, -0.2) is 0 Å². The Labute approximate surface area is 70.3 Å². The first kappa shape index (κ1) is 8.33. The van der Waals surface area contributed by atoms with Crippen LogP contribution in [-0.4, -0.2) is 11.0 Å². The van der Waals surface area contributed by atoms with Crippen LogP contribution in [0.4, 0.5) is 0 Å². The molecule has 0 aliphatic rings. The van der Waals surface area contributed by atoms with Crippen molar-refractivity contribution in [2.24, 2.45) is 0 Å². The first-order valence-corrected chi connectivity index (χ1v) is 3.45. The third kappa shape index (κ3) is 1.63. The number of benzene rings is 1. The highest BCUT2D eigenvalue weighted by molar-refractivity contribution is 5.97. The van der Waals surface area contributed by atoms with Crippen molar-refractivity contribution in [2.45, 2.75) is 0 Å². The molecule has 62 valence electrons. The molecule has 1 amide bonds. The highest BCUT2D eigenvalue weighted by Gasteiger charge is 2.06. The summed E-state index contributed by atoms with van der Waals surface area (Å²) in [5.74, 6) is -0.389. The number of hydrogen-bond donors (Lipinski definition) is 2. The highest BCUT2D eigenvalue weighted by Crippen LogP contribution is 2.14. The van der Waals surface area contributed by atoms with Gasteiger partial charge in [-0.3, -0.25) is 4.79 Å². The van der Waals surface area contributed by atoms with E-state index in [-0.39, 0.29) is 17.2 Å². The van der Waals surface area contributed by atoms with E-state index in [9.17, 15) is 9.90 Å². The second-order valence-corrected chi connectivity index (χ2v) is 2.19. The first-order chi connectivity index (χ1) is 5.75. The van der Waals surface area contributed by atoms with E-state index in [2.05, 4.69) is 11.9 Å². The lowest BCUT2D eigenvalue weighted by molar-refractivity contribution is 0.0967. The Morgan fingerprint density at radius 2 is 2.17 bits per heavy atom. The van der Waals surface area contributed by atoms with E-state index in [0.29, 0.717) is 0 Å². The predicted octanol–water partition coefficient (Wildman–Crippen LogP) is 1.27. The molecule has 0 aliphatic heterocycles. The van der Waals surface area contributed by atoms with E-state index >= 15 is 0 Å². The number of carbonyl (C=O) groups excluding carboxylic acids is 1. The molecule has 3 heteroatoms. The molecule has 0 aromatic heterocycles. The molecule has 0 aliphatic carbocycles. The summed E-state index contributed by atoms with van der Waals surface area (Å²) in [6.07, 6.45) is 1.27. The van der Waals surface area contributed by atoms with Crippen molar-refractivity contribution in [3.63, 3.8) is 0 Å². The molecule has 0 saturated carbocycles. The van der Waals surface area contributed by atoms with Crippen molar-refractivity contribution in [3.05, 3.63) is 42.6 Å². The lowest BCUT2D eigenvalue weighted by Crippen LogP contribution is -2.16. The first-order valence-electron chi connectivity index (χ1n) is 3.45. The van der Waals surface area contributed by atoms with Crippen molar-refractivity contribution in [1.29, 1.82) is 0 Å². The van der Waals surface area contributed by atoms with Gasteiger partial charge in [0.2, 0.25) is 0 Å². The summed E-state index contributed by atoms with van der Waals surface area (Å²) >= 11 is 0. The van der Waals surface area contributed by atoms with E-state index in [1.807, 2.05) is 0 Å². The fourth-order valence-electron chi connectivity index (χ4n) is 0.836. The van der Waals surface area contributed by atoms with Crippen LogP contribution in [-0.2, 0) is 0 Å². The summed E-state index contributed by atoms with van der Waals surface area (Å²) in [4.78, 5) is 11.1. The maximum Gasteiger partial charge on any atom is 0.258 e. The molecule has 3 nitrogen and oxygen atoms in total. The van der Waals surface area contributed by atoms with Gasteiger partial charge in [0.15, 0.2) is 0 Å². The van der Waals surface area contributed by atoms with Gasteiger partial charge >= 0.3 is 0 Å². The van der Waals surface area contributed by atoms with E-state index in [0.717, 1.165) is 0 Å². The average Bonchev–Trinajstić information content (AvgIpc) is 2.05. The van der Waals surface area contributed by atoms with Gasteiger partial charge in [0, 0.05) is 0 Å². The van der Waals surface area contributed by atoms with Gasteiger partial charge in [-0.1, -0.05) is 18.7 Å². The minimum atomic E-state index is -0.358. The fraction of sp³-hybridized carbons (Fsp3) is 0. The molecular weight excluding hydrogens is 154 g/mol. The third-order valence-corrected chi connectivity index (χ3v) is 1.38. The highest BCUT2D eigenvalue weighted by atomic mass is 16.3. The van der Waals surface area contributed by atoms with Crippen LogP contribution in [0.15, 0.2) is 37.0 Å². The van der Waals surface area contributed by atoms with Crippen LogP contribution >= 0.6 is 0 Å². The fourth-order valence-corrected chi connectivity index (χ4v) is 0.836. The van der Waals surface area contributed by atoms with E-state index in [1.165, 1.54) is 18.3 Å². The minimum Gasteiger partial charge on any atom is -0.507 e. The summed E-state index contributed by atoms with van der Waals surface area (Å²) in [6.45, 7) is 3.34. The predicted molar refractivity (Wildman–Crippen MR) is 45.8 cm³/mol. The average molecular weight is 163 g/mol. The summed E-state index contributed by atoms with van der Waals surface area (Å²) in [5.41, 5.74) is 0.248. The van der Waals surface area contributed by atoms with Crippen molar-refractivity contribution >= 4 is 5.91 Å². The van der Waals surface area contributed by atoms with Crippen molar-refractivity contribution < 1.29 is 9.90 Å². The van der Waals surface area contributed by atoms with Crippen LogP contribution in [0, 0.1) is 0 Å². The Morgan fingerprint density at radius 3 is 2.75 bits per heavy atom. The molecule has 1 rings (SSSR count). The summed E-state index contributed by atoms with van der Waals surface area (Å²) < 4.78 is 0. The van der Waals surface area contributed by atoms with Gasteiger partial charge in [-0.05, 0) is 18.3 Å². The molecule has 0 bridgehead atoms. The molecule has 1 aromatic carbocycles. The Hall–Kier alpha value is -1.77. The Morgan fingerprint density at radius 1 is 1.50 bits per heavy atom. The number of phenolic OH excluding ortho intramolecular Hbond substituents is 1. The standard InChI is InChI=1S/C9H9NO2/c1-2-10-9(12)7-5-3-4-6-8(7)11/h2-6,11H,1H2,(H,10,12). The molecule has 0 fully saturated rings. The minimum absolute atomic E-state index is 0.0307. The second kappa shape index (κ2) is 3.57. The normalized spacial score (nSPS) is 9.00. The third-order valence-electron chi connectivity index (χ3n) is 1.38. The second-order valence-electron chi connectivity index (χ2n) is 2.19. The molecule has 0 saturated heterocycles. The van der Waals surface area contributed by atoms with E-state index in [4.69, 9.17) is 0 Å². The largest absolute Gasteiger partial charge is 0.507 e. The lowest BCUT2D eigenvalue weighted by Gasteiger charge is -2.01. The van der Waals surface area contributed by atoms with Crippen LogP contribution in [0.3, 0.4) is 0 Å². The monoisotopic (exact) mass is 163 g/mol. The van der Waals surface area contributed by atoms with Gasteiger partial charge in [-0.15, -0.1) is 0 Å². The van der Waals surface area contributed by atoms with Gasteiger partial charge in [0.1, 0.15) is 5.75 Å². The Bertz CT molecular complexity index is 307. The topological polar surface area (TPSA) is 49.3 Å². The Balaban J connectivity index is 2.94. The lowest BCUT2D eigenvalue weighted by atomic mass is 10.2. The summed E-state index contributed by atoms with van der Waals surface area (Å²) in [5, 5.41) is 11.6. The molecule has 0 atom stereocenters. The van der Waals surface area contributed by atoms with Gasteiger partial charge < -0.3 is 10.4 Å². The number of aromatic hydroxyl groups is 1. The van der Waals surface area contributed by atoms with Crippen LogP contribution in [0.2, 0.25) is 0 Å². The van der Waals surface area contributed by atoms with Crippen LogP contribution in [0.25, 0.3) is 0 Å². The SMILES string of the molecule is C=CNC(=O)c1ccccc1O. The zero-order valence-corrected chi connectivity index (χ0v) is 6.45. The Kier molecular flexibility index (Phi) is 2.48. The van der Waals surface area contributed by atoms with Crippen LogP contribution in [0.5, 0.6) is 5.75 Å². The molecule has 12 heavy (non-hydrogen) atoms. The number of rotatable bonds is 2. The molecule has 0 radical (unpaired) electrons. The van der Waals surface area contributed by atoms with Crippen molar-refractivity contribution in [3.8, 4) is 5.75 Å². The van der Waals surface area contributed by atoms with Gasteiger partial charge in [-0.2, -0.15) is 0 Å². The zero-order valence-electron chi connectivity index (χ0n) is 6.45. The van der Waals surface area contributed by atoms with Crippen molar-refractivity contribution in [2.75, 3.05) is 0 Å². The number of phenols is 1. The van der Waals surface area contributed by atoms with Gasteiger partial charge in [0.05, 0.1) is 5.56 Å². The molecule has 0 spiro atoms. The quantitative estimate of drug-likeness (QED) is 0.689. The number of para-hydroxylation sites is 1. The van der Waals surface area contributed by atoms with Crippen LogP contribution < -0.4 is 5.32 Å². The van der Waals surface area contributed by atoms with E-state index in [1.54, 1.807) is 12.1 Å². The van der Waals surface area contributed by atoms with Crippen molar-refractivity contribution in [1.82, 2.24) is 5.32 Å². The smallest absolute Gasteiger partial charge is 0.258 e. The summed E-state index contributed by atoms with van der Waals surface area (Å²) in [7, 11) is 0. The number of amides is 1. The number of hydrogen-bond acceptors (Lipinski definition) is 2. The maximum atomic E-state index is 11.1. The molecule has 1 aromatic rings. The van der Waals surface area contributed by atoms with Crippen LogP contribution in [0.1, 0.15) is 10.4 Å². The maximum absolute atomic E-state index is 11.1.